The molecule has 0 spiro atoms. The van der Waals surface area contributed by atoms with Crippen molar-refractivity contribution in [3.05, 3.63) is 62.7 Å². The first-order valence-corrected chi connectivity index (χ1v) is 11.3. The minimum atomic E-state index is -1.52. The van der Waals surface area contributed by atoms with Crippen LogP contribution in [0.4, 0.5) is 0 Å². The summed E-state index contributed by atoms with van der Waals surface area (Å²) in [6.45, 7) is 1.87. The molecule has 2 aromatic carbocycles. The van der Waals surface area contributed by atoms with E-state index in [0.717, 1.165) is 4.47 Å². The maximum atomic E-state index is 12.6. The second kappa shape index (κ2) is 8.78. The van der Waals surface area contributed by atoms with E-state index in [9.17, 15) is 9.00 Å². The van der Waals surface area contributed by atoms with Crippen LogP contribution in [0.2, 0.25) is 10.0 Å². The number of benzene rings is 2. The quantitative estimate of drug-likeness (QED) is 0.431. The maximum absolute atomic E-state index is 12.6. The largest absolute Gasteiger partial charge is 0.461 e. The summed E-state index contributed by atoms with van der Waals surface area (Å²) in [6.07, 6.45) is 1.49. The zero-order valence-corrected chi connectivity index (χ0v) is 18.8. The van der Waals surface area contributed by atoms with Crippen molar-refractivity contribution in [3.8, 4) is 16.9 Å². The molecule has 1 aromatic heterocycles. The molecule has 28 heavy (non-hydrogen) atoms. The number of halogens is 3. The van der Waals surface area contributed by atoms with Gasteiger partial charge < -0.3 is 4.74 Å². The zero-order valence-electron chi connectivity index (χ0n) is 14.9. The third-order valence-corrected chi connectivity index (χ3v) is 5.86. The Kier molecular flexibility index (Phi) is 6.60. The Hall–Kier alpha value is -1.67. The molecule has 0 saturated carbocycles. The Balaban J connectivity index is 2.36. The number of hydrogen-bond acceptors (Lipinski definition) is 4. The van der Waals surface area contributed by atoms with Gasteiger partial charge in [0.1, 0.15) is 0 Å². The van der Waals surface area contributed by atoms with Crippen LogP contribution in [0.1, 0.15) is 17.4 Å². The normalized spacial score (nSPS) is 12.0. The Labute approximate surface area is 183 Å². The highest BCUT2D eigenvalue weighted by Crippen LogP contribution is 2.35. The summed E-state index contributed by atoms with van der Waals surface area (Å²) in [7, 11) is -1.52. The molecule has 0 saturated heterocycles. The van der Waals surface area contributed by atoms with E-state index in [1.54, 1.807) is 49.4 Å². The van der Waals surface area contributed by atoms with Crippen LogP contribution in [0.5, 0.6) is 0 Å². The fourth-order valence-corrected chi connectivity index (χ4v) is 4.45. The van der Waals surface area contributed by atoms with Crippen LogP contribution in [0, 0.1) is 0 Å². The van der Waals surface area contributed by atoms with Crippen LogP contribution in [0.3, 0.4) is 0 Å². The molecule has 0 aliphatic rings. The van der Waals surface area contributed by atoms with Crippen molar-refractivity contribution >= 4 is 55.9 Å². The highest BCUT2D eigenvalue weighted by atomic mass is 79.9. The van der Waals surface area contributed by atoms with Crippen molar-refractivity contribution in [2.24, 2.45) is 0 Å². The van der Waals surface area contributed by atoms with Gasteiger partial charge in [-0.25, -0.2) is 9.48 Å². The molecule has 1 heterocycles. The molecule has 3 rings (SSSR count). The van der Waals surface area contributed by atoms with Crippen LogP contribution in [0.15, 0.2) is 51.8 Å². The SMILES string of the molecule is CCOC(=O)c1nn(-c2ccc(Br)cc2Cl)c(-c2ccc(Cl)cc2)c1S(C)=O. The lowest BCUT2D eigenvalue weighted by Gasteiger charge is -2.11. The fraction of sp³-hybridized carbons (Fsp3) is 0.158. The van der Waals surface area contributed by atoms with E-state index < -0.39 is 16.8 Å². The average molecular weight is 502 g/mol. The molecule has 5 nitrogen and oxygen atoms in total. The molecule has 1 unspecified atom stereocenters. The molecular formula is C19H15BrCl2N2O3S. The van der Waals surface area contributed by atoms with E-state index in [4.69, 9.17) is 27.9 Å². The van der Waals surface area contributed by atoms with Crippen molar-refractivity contribution in [1.29, 1.82) is 0 Å². The molecule has 1 atom stereocenters. The second-order valence-corrected chi connectivity index (χ2v) is 8.79. The summed E-state index contributed by atoms with van der Waals surface area (Å²) in [4.78, 5) is 12.8. The molecule has 0 amide bonds. The van der Waals surface area contributed by atoms with Gasteiger partial charge in [0.15, 0.2) is 5.69 Å². The molecule has 0 radical (unpaired) electrons. The number of aromatic nitrogens is 2. The maximum Gasteiger partial charge on any atom is 0.360 e. The van der Waals surface area contributed by atoms with Crippen LogP contribution in [-0.4, -0.2) is 32.8 Å². The van der Waals surface area contributed by atoms with Crippen molar-refractivity contribution in [2.75, 3.05) is 12.9 Å². The van der Waals surface area contributed by atoms with E-state index >= 15 is 0 Å². The van der Waals surface area contributed by atoms with Crippen molar-refractivity contribution in [1.82, 2.24) is 9.78 Å². The summed E-state index contributed by atoms with van der Waals surface area (Å²) < 4.78 is 20.0. The topological polar surface area (TPSA) is 61.2 Å². The first-order valence-electron chi connectivity index (χ1n) is 8.18. The van der Waals surface area contributed by atoms with Gasteiger partial charge in [0.05, 0.1) is 38.7 Å². The summed E-state index contributed by atoms with van der Waals surface area (Å²) in [6, 6.07) is 12.3. The lowest BCUT2D eigenvalue weighted by molar-refractivity contribution is 0.0514. The van der Waals surface area contributed by atoms with E-state index in [1.807, 2.05) is 0 Å². The third kappa shape index (κ3) is 4.17. The first kappa shape index (κ1) is 21.0. The van der Waals surface area contributed by atoms with Crippen LogP contribution in [0.25, 0.3) is 16.9 Å². The Bertz CT molecular complexity index is 1070. The minimum Gasteiger partial charge on any atom is -0.461 e. The molecule has 146 valence electrons. The zero-order chi connectivity index (χ0) is 20.4. The van der Waals surface area contributed by atoms with E-state index in [2.05, 4.69) is 21.0 Å². The fourth-order valence-electron chi connectivity index (χ4n) is 2.70. The van der Waals surface area contributed by atoms with Gasteiger partial charge in [-0.05, 0) is 37.3 Å². The Morgan fingerprint density at radius 1 is 1.21 bits per heavy atom. The van der Waals surface area contributed by atoms with Crippen LogP contribution < -0.4 is 0 Å². The van der Waals surface area contributed by atoms with Gasteiger partial charge in [-0.15, -0.1) is 0 Å². The number of ether oxygens (including phenoxy) is 1. The molecule has 0 aliphatic carbocycles. The molecule has 9 heteroatoms. The van der Waals surface area contributed by atoms with Gasteiger partial charge in [0, 0.05) is 21.3 Å². The van der Waals surface area contributed by atoms with Gasteiger partial charge in [-0.3, -0.25) is 4.21 Å². The number of carbonyl (C=O) groups is 1. The van der Waals surface area contributed by atoms with Gasteiger partial charge in [0.25, 0.3) is 0 Å². The van der Waals surface area contributed by atoms with Gasteiger partial charge in [-0.2, -0.15) is 5.10 Å². The predicted molar refractivity (Wildman–Crippen MR) is 115 cm³/mol. The molecular weight excluding hydrogens is 487 g/mol. The van der Waals surface area contributed by atoms with Crippen molar-refractivity contribution < 1.29 is 13.7 Å². The van der Waals surface area contributed by atoms with Gasteiger partial charge in [-0.1, -0.05) is 51.3 Å². The number of carbonyl (C=O) groups excluding carboxylic acids is 1. The second-order valence-electron chi connectivity index (χ2n) is 5.72. The average Bonchev–Trinajstić information content (AvgIpc) is 3.03. The highest BCUT2D eigenvalue weighted by molar-refractivity contribution is 9.10. The lowest BCUT2D eigenvalue weighted by Crippen LogP contribution is -2.09. The predicted octanol–water partition coefficient (Wildman–Crippen LogP) is 5.52. The number of esters is 1. The highest BCUT2D eigenvalue weighted by Gasteiger charge is 2.28. The number of nitrogens with zero attached hydrogens (tertiary/aromatic N) is 2. The van der Waals surface area contributed by atoms with Crippen molar-refractivity contribution in [3.63, 3.8) is 0 Å². The van der Waals surface area contributed by atoms with E-state index in [1.165, 1.54) is 10.9 Å². The smallest absolute Gasteiger partial charge is 0.360 e. The number of hydrogen-bond donors (Lipinski definition) is 0. The number of rotatable bonds is 5. The molecule has 0 aliphatic heterocycles. The third-order valence-electron chi connectivity index (χ3n) is 3.85. The van der Waals surface area contributed by atoms with Crippen molar-refractivity contribution in [2.45, 2.75) is 11.8 Å². The summed E-state index contributed by atoms with van der Waals surface area (Å²) in [5.41, 5.74) is 1.71. The van der Waals surface area contributed by atoms with Crippen LogP contribution in [-0.2, 0) is 15.5 Å². The Morgan fingerprint density at radius 2 is 1.89 bits per heavy atom. The van der Waals surface area contributed by atoms with Gasteiger partial charge >= 0.3 is 5.97 Å². The monoisotopic (exact) mass is 500 g/mol. The molecule has 0 bridgehead atoms. The first-order chi connectivity index (χ1) is 13.3. The van der Waals surface area contributed by atoms with Crippen LogP contribution >= 0.6 is 39.1 Å². The summed E-state index contributed by atoms with van der Waals surface area (Å²) in [5.74, 6) is -0.644. The van der Waals surface area contributed by atoms with Gasteiger partial charge in [0.2, 0.25) is 0 Å². The molecule has 0 N–H and O–H groups in total. The minimum absolute atomic E-state index is 0.00776. The molecule has 0 fully saturated rings. The summed E-state index contributed by atoms with van der Waals surface area (Å²) >= 11 is 15.8. The Morgan fingerprint density at radius 3 is 2.46 bits per heavy atom. The standard InChI is InChI=1S/C19H15BrCl2N2O3S/c1-3-27-19(25)16-18(28(2)26)17(11-4-7-13(21)8-5-11)24(23-16)15-9-6-12(20)10-14(15)22/h4-10H,3H2,1-2H3. The van der Waals surface area contributed by atoms with E-state index in [-0.39, 0.29) is 17.2 Å². The lowest BCUT2D eigenvalue weighted by atomic mass is 10.1. The molecule has 3 aromatic rings. The van der Waals surface area contributed by atoms with E-state index in [0.29, 0.717) is 27.0 Å². The summed E-state index contributed by atoms with van der Waals surface area (Å²) in [5, 5.41) is 5.40.